The third kappa shape index (κ3) is 3.18. The lowest BCUT2D eigenvalue weighted by Crippen LogP contribution is -2.27. The number of aryl methyl sites for hydroxylation is 1. The smallest absolute Gasteiger partial charge is 0.109 e. The van der Waals surface area contributed by atoms with E-state index in [2.05, 4.69) is 23.7 Å². The van der Waals surface area contributed by atoms with Crippen LogP contribution in [0.25, 0.3) is 0 Å². The van der Waals surface area contributed by atoms with Gasteiger partial charge in [0, 0.05) is 38.7 Å². The molecule has 0 saturated carbocycles. The standard InChI is InChI=1S/C15H27N3O/c1-4-6-12(11-19-3)18-14-8-9-16-10-13(14)17-15(18)7-5-2/h12,16H,4-11H2,1-3H3. The van der Waals surface area contributed by atoms with Crippen molar-refractivity contribution in [3.8, 4) is 0 Å². The first-order valence-corrected chi connectivity index (χ1v) is 7.60. The summed E-state index contributed by atoms with van der Waals surface area (Å²) in [6.45, 7) is 7.25. The van der Waals surface area contributed by atoms with E-state index < -0.39 is 0 Å². The van der Waals surface area contributed by atoms with E-state index in [1.54, 1.807) is 7.11 Å². The molecule has 108 valence electrons. The quantitative estimate of drug-likeness (QED) is 0.823. The van der Waals surface area contributed by atoms with Crippen LogP contribution in [0.4, 0.5) is 0 Å². The van der Waals surface area contributed by atoms with E-state index in [-0.39, 0.29) is 0 Å². The summed E-state index contributed by atoms with van der Waals surface area (Å²) in [6.07, 6.45) is 5.66. The summed E-state index contributed by atoms with van der Waals surface area (Å²) in [5, 5.41) is 3.42. The lowest BCUT2D eigenvalue weighted by molar-refractivity contribution is 0.147. The molecule has 19 heavy (non-hydrogen) atoms. The van der Waals surface area contributed by atoms with Crippen molar-refractivity contribution in [1.82, 2.24) is 14.9 Å². The number of rotatable bonds is 7. The number of hydrogen-bond donors (Lipinski definition) is 1. The zero-order valence-electron chi connectivity index (χ0n) is 12.5. The molecule has 1 aromatic rings. The molecule has 0 radical (unpaired) electrons. The molecule has 0 spiro atoms. The molecule has 0 amide bonds. The summed E-state index contributed by atoms with van der Waals surface area (Å²) < 4.78 is 7.93. The number of aromatic nitrogens is 2. The molecule has 1 aliphatic heterocycles. The normalized spacial score (nSPS) is 16.4. The first kappa shape index (κ1) is 14.5. The Morgan fingerprint density at radius 1 is 1.37 bits per heavy atom. The largest absolute Gasteiger partial charge is 0.383 e. The minimum Gasteiger partial charge on any atom is -0.383 e. The van der Waals surface area contributed by atoms with Gasteiger partial charge in [-0.3, -0.25) is 0 Å². The predicted octanol–water partition coefficient (Wildman–Crippen LogP) is 2.47. The Kier molecular flexibility index (Phi) is 5.40. The minimum atomic E-state index is 0.450. The highest BCUT2D eigenvalue weighted by Crippen LogP contribution is 2.25. The molecule has 0 fully saturated rings. The lowest BCUT2D eigenvalue weighted by atomic mass is 10.1. The van der Waals surface area contributed by atoms with Gasteiger partial charge >= 0.3 is 0 Å². The van der Waals surface area contributed by atoms with Gasteiger partial charge in [0.05, 0.1) is 18.3 Å². The van der Waals surface area contributed by atoms with E-state index in [1.165, 1.54) is 30.1 Å². The number of fused-ring (bicyclic) bond motifs is 1. The van der Waals surface area contributed by atoms with Crippen molar-refractivity contribution in [3.63, 3.8) is 0 Å². The fourth-order valence-corrected chi connectivity index (χ4v) is 3.03. The minimum absolute atomic E-state index is 0.450. The average molecular weight is 265 g/mol. The van der Waals surface area contributed by atoms with Gasteiger partial charge in [-0.2, -0.15) is 0 Å². The van der Waals surface area contributed by atoms with Gasteiger partial charge in [0.15, 0.2) is 0 Å². The van der Waals surface area contributed by atoms with Gasteiger partial charge in [0.25, 0.3) is 0 Å². The summed E-state index contributed by atoms with van der Waals surface area (Å²) in [5.41, 5.74) is 2.70. The van der Waals surface area contributed by atoms with Crippen LogP contribution in [0.1, 0.15) is 56.4 Å². The number of ether oxygens (including phenoxy) is 1. The third-order valence-corrected chi connectivity index (χ3v) is 3.82. The first-order valence-electron chi connectivity index (χ1n) is 7.60. The van der Waals surface area contributed by atoms with Gasteiger partial charge in [-0.15, -0.1) is 0 Å². The number of imidazole rings is 1. The van der Waals surface area contributed by atoms with Crippen LogP contribution in [-0.4, -0.2) is 29.8 Å². The van der Waals surface area contributed by atoms with Gasteiger partial charge in [-0.05, 0) is 12.8 Å². The summed E-state index contributed by atoms with van der Waals surface area (Å²) in [5.74, 6) is 1.26. The zero-order valence-corrected chi connectivity index (χ0v) is 12.5. The van der Waals surface area contributed by atoms with Crippen LogP contribution in [-0.2, 0) is 24.1 Å². The van der Waals surface area contributed by atoms with Crippen LogP contribution in [0.3, 0.4) is 0 Å². The number of methoxy groups -OCH3 is 1. The number of nitrogens with one attached hydrogen (secondary N) is 1. The van der Waals surface area contributed by atoms with Crippen LogP contribution in [0.15, 0.2) is 0 Å². The Labute approximate surface area is 116 Å². The molecule has 0 bridgehead atoms. The van der Waals surface area contributed by atoms with E-state index in [0.717, 1.165) is 39.0 Å². The van der Waals surface area contributed by atoms with Gasteiger partial charge in [0.1, 0.15) is 5.82 Å². The average Bonchev–Trinajstić information content (AvgIpc) is 2.77. The van der Waals surface area contributed by atoms with E-state index in [4.69, 9.17) is 9.72 Å². The Balaban J connectivity index is 2.35. The fraction of sp³-hybridized carbons (Fsp3) is 0.800. The van der Waals surface area contributed by atoms with Crippen LogP contribution < -0.4 is 5.32 Å². The summed E-state index contributed by atoms with van der Waals surface area (Å²) >= 11 is 0. The number of hydrogen-bond acceptors (Lipinski definition) is 3. The van der Waals surface area contributed by atoms with Crippen molar-refractivity contribution >= 4 is 0 Å². The van der Waals surface area contributed by atoms with E-state index in [1.807, 2.05) is 0 Å². The first-order chi connectivity index (χ1) is 9.31. The summed E-state index contributed by atoms with van der Waals surface area (Å²) in [6, 6.07) is 0.450. The molecule has 1 N–H and O–H groups in total. The molecule has 0 aliphatic carbocycles. The van der Waals surface area contributed by atoms with Crippen molar-refractivity contribution in [1.29, 1.82) is 0 Å². The monoisotopic (exact) mass is 265 g/mol. The Hall–Kier alpha value is -0.870. The highest BCUT2D eigenvalue weighted by atomic mass is 16.5. The maximum absolute atomic E-state index is 5.44. The van der Waals surface area contributed by atoms with Gasteiger partial charge in [-0.1, -0.05) is 20.3 Å². The molecular weight excluding hydrogens is 238 g/mol. The molecule has 2 rings (SSSR count). The van der Waals surface area contributed by atoms with Crippen molar-refractivity contribution < 1.29 is 4.74 Å². The zero-order chi connectivity index (χ0) is 13.7. The molecular formula is C15H27N3O. The molecule has 1 unspecified atom stereocenters. The predicted molar refractivity (Wildman–Crippen MR) is 77.5 cm³/mol. The van der Waals surface area contributed by atoms with Crippen LogP contribution in [0.2, 0.25) is 0 Å². The molecule has 2 heterocycles. The SMILES string of the molecule is CCCc1nc2c(n1C(CCC)COC)CCNC2. The van der Waals surface area contributed by atoms with Gasteiger partial charge in [-0.25, -0.2) is 4.98 Å². The molecule has 1 aromatic heterocycles. The number of nitrogens with zero attached hydrogens (tertiary/aromatic N) is 2. The van der Waals surface area contributed by atoms with Crippen molar-refractivity contribution in [2.24, 2.45) is 0 Å². The summed E-state index contributed by atoms with van der Waals surface area (Å²) in [4.78, 5) is 4.87. The Morgan fingerprint density at radius 3 is 2.89 bits per heavy atom. The second-order valence-corrected chi connectivity index (χ2v) is 5.37. The van der Waals surface area contributed by atoms with Crippen molar-refractivity contribution in [3.05, 3.63) is 17.2 Å². The molecule has 4 heteroatoms. The molecule has 1 aliphatic rings. The summed E-state index contributed by atoms with van der Waals surface area (Å²) in [7, 11) is 1.80. The Bertz CT molecular complexity index is 394. The van der Waals surface area contributed by atoms with Crippen molar-refractivity contribution in [2.75, 3.05) is 20.3 Å². The van der Waals surface area contributed by atoms with Crippen LogP contribution in [0, 0.1) is 0 Å². The molecule has 1 atom stereocenters. The highest BCUT2D eigenvalue weighted by molar-refractivity contribution is 5.21. The molecule has 4 nitrogen and oxygen atoms in total. The van der Waals surface area contributed by atoms with Gasteiger partial charge in [0.2, 0.25) is 0 Å². The highest BCUT2D eigenvalue weighted by Gasteiger charge is 2.23. The van der Waals surface area contributed by atoms with Crippen molar-refractivity contribution in [2.45, 2.75) is 58.5 Å². The Morgan fingerprint density at radius 2 is 2.21 bits per heavy atom. The fourth-order valence-electron chi connectivity index (χ4n) is 3.03. The van der Waals surface area contributed by atoms with E-state index in [9.17, 15) is 0 Å². The van der Waals surface area contributed by atoms with Crippen LogP contribution >= 0.6 is 0 Å². The second kappa shape index (κ2) is 7.06. The van der Waals surface area contributed by atoms with Gasteiger partial charge < -0.3 is 14.6 Å². The maximum atomic E-state index is 5.44. The second-order valence-electron chi connectivity index (χ2n) is 5.37. The van der Waals surface area contributed by atoms with E-state index >= 15 is 0 Å². The van der Waals surface area contributed by atoms with Crippen LogP contribution in [0.5, 0.6) is 0 Å². The maximum Gasteiger partial charge on any atom is 0.109 e. The molecule has 0 saturated heterocycles. The third-order valence-electron chi connectivity index (χ3n) is 3.82. The molecule has 0 aromatic carbocycles. The lowest BCUT2D eigenvalue weighted by Gasteiger charge is -2.24. The van der Waals surface area contributed by atoms with E-state index in [0.29, 0.717) is 6.04 Å². The topological polar surface area (TPSA) is 39.1 Å².